The topological polar surface area (TPSA) is 17.1 Å². The Morgan fingerprint density at radius 2 is 1.23 bits per heavy atom. The van der Waals surface area contributed by atoms with E-state index in [1.54, 1.807) is 30.3 Å². The van der Waals surface area contributed by atoms with Crippen molar-refractivity contribution in [1.29, 1.82) is 0 Å². The summed E-state index contributed by atoms with van der Waals surface area (Å²) < 4.78 is 25.9. The summed E-state index contributed by atoms with van der Waals surface area (Å²) in [6.07, 6.45) is 4.83. The second-order valence-electron chi connectivity index (χ2n) is 5.25. The van der Waals surface area contributed by atoms with E-state index in [-0.39, 0.29) is 17.4 Å². The van der Waals surface area contributed by atoms with Gasteiger partial charge in [-0.1, -0.05) is 30.3 Å². The summed E-state index contributed by atoms with van der Waals surface area (Å²) in [6, 6.07) is 12.2. The van der Waals surface area contributed by atoms with E-state index in [0.29, 0.717) is 18.4 Å². The zero-order chi connectivity index (χ0) is 15.5. The summed E-state index contributed by atoms with van der Waals surface area (Å²) in [7, 11) is 0. The number of rotatable bonds is 2. The second kappa shape index (κ2) is 6.06. The van der Waals surface area contributed by atoms with Gasteiger partial charge in [-0.25, -0.2) is 8.78 Å². The van der Waals surface area contributed by atoms with Gasteiger partial charge >= 0.3 is 0 Å². The molecule has 2 aromatic rings. The Morgan fingerprint density at radius 1 is 0.727 bits per heavy atom. The molecule has 0 radical (unpaired) electrons. The Bertz CT molecular complexity index is 753. The van der Waals surface area contributed by atoms with E-state index in [4.69, 9.17) is 0 Å². The van der Waals surface area contributed by atoms with Crippen LogP contribution in [0.4, 0.5) is 8.78 Å². The van der Waals surface area contributed by atoms with Crippen molar-refractivity contribution in [2.24, 2.45) is 0 Å². The van der Waals surface area contributed by atoms with Gasteiger partial charge < -0.3 is 0 Å². The first-order chi connectivity index (χ1) is 10.6. The smallest absolute Gasteiger partial charge is 0.163 e. The monoisotopic (exact) mass is 296 g/mol. The molecule has 0 N–H and O–H groups in total. The molecule has 1 saturated carbocycles. The van der Waals surface area contributed by atoms with Gasteiger partial charge in [0.25, 0.3) is 0 Å². The minimum atomic E-state index is -0.304. The number of Topliss-reactive ketones (excluding diaryl/α,β-unsaturated/α-hetero) is 1. The average molecular weight is 296 g/mol. The largest absolute Gasteiger partial charge is 0.294 e. The van der Waals surface area contributed by atoms with Crippen molar-refractivity contribution in [2.45, 2.75) is 12.8 Å². The number of hydrogen-bond donors (Lipinski definition) is 0. The molecular formula is C19H14F2O. The van der Waals surface area contributed by atoms with Crippen molar-refractivity contribution in [3.8, 4) is 0 Å². The Labute approximate surface area is 127 Å². The fraction of sp³-hybridized carbons (Fsp3) is 0.105. The first kappa shape index (κ1) is 14.4. The molecule has 1 fully saturated rings. The van der Waals surface area contributed by atoms with Crippen LogP contribution in [0.5, 0.6) is 0 Å². The number of allylic oxidation sites excluding steroid dienone is 2. The third-order valence-electron chi connectivity index (χ3n) is 3.66. The van der Waals surface area contributed by atoms with Gasteiger partial charge in [-0.15, -0.1) is 0 Å². The number of benzene rings is 2. The van der Waals surface area contributed by atoms with Gasteiger partial charge in [-0.2, -0.15) is 0 Å². The van der Waals surface area contributed by atoms with Crippen LogP contribution in [-0.2, 0) is 4.79 Å². The third-order valence-corrected chi connectivity index (χ3v) is 3.66. The molecule has 1 aliphatic rings. The Kier molecular flexibility index (Phi) is 3.96. The highest BCUT2D eigenvalue weighted by atomic mass is 19.1. The van der Waals surface area contributed by atoms with E-state index >= 15 is 0 Å². The highest BCUT2D eigenvalue weighted by Gasteiger charge is 2.22. The van der Waals surface area contributed by atoms with Gasteiger partial charge in [0.15, 0.2) is 5.78 Å². The molecule has 0 heterocycles. The molecule has 3 heteroatoms. The summed E-state index contributed by atoms with van der Waals surface area (Å²) in [5, 5.41) is 0. The third kappa shape index (κ3) is 3.19. The minimum Gasteiger partial charge on any atom is -0.294 e. The van der Waals surface area contributed by atoms with Gasteiger partial charge in [0.05, 0.1) is 0 Å². The van der Waals surface area contributed by atoms with E-state index in [1.807, 2.05) is 6.08 Å². The molecule has 0 spiro atoms. The number of halogens is 2. The molecule has 110 valence electrons. The quantitative estimate of drug-likeness (QED) is 0.728. The molecule has 22 heavy (non-hydrogen) atoms. The normalized spacial score (nSPS) is 18.4. The molecule has 1 nitrogen and oxygen atoms in total. The minimum absolute atomic E-state index is 0.0812. The number of ketones is 1. The second-order valence-corrected chi connectivity index (χ2v) is 5.25. The molecular weight excluding hydrogens is 282 g/mol. The Morgan fingerprint density at radius 3 is 1.77 bits per heavy atom. The molecule has 0 aromatic heterocycles. The lowest BCUT2D eigenvalue weighted by atomic mass is 10.0. The fourth-order valence-corrected chi connectivity index (χ4v) is 2.51. The van der Waals surface area contributed by atoms with Crippen LogP contribution in [0.1, 0.15) is 24.0 Å². The zero-order valence-electron chi connectivity index (χ0n) is 11.9. The van der Waals surface area contributed by atoms with E-state index < -0.39 is 0 Å². The molecule has 0 aliphatic heterocycles. The van der Waals surface area contributed by atoms with E-state index in [0.717, 1.165) is 16.7 Å². The highest BCUT2D eigenvalue weighted by molar-refractivity contribution is 6.08. The lowest BCUT2D eigenvalue weighted by Gasteiger charge is -2.02. The van der Waals surface area contributed by atoms with Crippen molar-refractivity contribution in [1.82, 2.24) is 0 Å². The molecule has 0 amide bonds. The average Bonchev–Trinajstić information content (AvgIpc) is 2.85. The van der Waals surface area contributed by atoms with Crippen LogP contribution in [0.2, 0.25) is 0 Å². The first-order valence-corrected chi connectivity index (χ1v) is 7.09. The van der Waals surface area contributed by atoms with Gasteiger partial charge in [-0.3, -0.25) is 4.79 Å². The molecule has 0 unspecified atom stereocenters. The van der Waals surface area contributed by atoms with Crippen molar-refractivity contribution in [3.63, 3.8) is 0 Å². The first-order valence-electron chi connectivity index (χ1n) is 7.09. The van der Waals surface area contributed by atoms with Crippen LogP contribution in [-0.4, -0.2) is 5.78 Å². The maximum absolute atomic E-state index is 12.9. The highest BCUT2D eigenvalue weighted by Crippen LogP contribution is 2.31. The summed E-state index contributed by atoms with van der Waals surface area (Å²) in [6.45, 7) is 0. The van der Waals surface area contributed by atoms with Gasteiger partial charge in [-0.05, 0) is 53.5 Å². The Balaban J connectivity index is 1.95. The molecule has 0 atom stereocenters. The number of carbonyl (C=O) groups excluding carboxylic acids is 1. The van der Waals surface area contributed by atoms with Crippen LogP contribution in [0.3, 0.4) is 0 Å². The van der Waals surface area contributed by atoms with Gasteiger partial charge in [0.1, 0.15) is 11.6 Å². The van der Waals surface area contributed by atoms with Crippen LogP contribution in [0.25, 0.3) is 12.2 Å². The fourth-order valence-electron chi connectivity index (χ4n) is 2.51. The van der Waals surface area contributed by atoms with Crippen molar-refractivity contribution in [2.75, 3.05) is 0 Å². The molecule has 1 aliphatic carbocycles. The summed E-state index contributed by atoms with van der Waals surface area (Å²) in [5.41, 5.74) is 3.23. The maximum Gasteiger partial charge on any atom is 0.163 e. The lowest BCUT2D eigenvalue weighted by molar-refractivity contribution is -0.114. The van der Waals surface area contributed by atoms with E-state index in [2.05, 4.69) is 0 Å². The predicted octanol–water partition coefficient (Wildman–Crippen LogP) is 4.79. The molecule has 2 aromatic carbocycles. The number of hydrogen-bond acceptors (Lipinski definition) is 1. The van der Waals surface area contributed by atoms with E-state index in [9.17, 15) is 13.6 Å². The lowest BCUT2D eigenvalue weighted by Crippen LogP contribution is -1.93. The SMILES string of the molecule is O=C1CCC(=Cc2ccc(F)cc2)C1=Cc1ccc(F)cc1. The van der Waals surface area contributed by atoms with Crippen LogP contribution >= 0.6 is 0 Å². The molecule has 3 rings (SSSR count). The summed E-state index contributed by atoms with van der Waals surface area (Å²) in [5.74, 6) is -0.508. The van der Waals surface area contributed by atoms with Crippen LogP contribution in [0.15, 0.2) is 59.7 Å². The molecule has 0 bridgehead atoms. The van der Waals surface area contributed by atoms with Crippen LogP contribution < -0.4 is 0 Å². The van der Waals surface area contributed by atoms with Crippen molar-refractivity contribution >= 4 is 17.9 Å². The van der Waals surface area contributed by atoms with E-state index in [1.165, 1.54) is 24.3 Å². The molecule has 0 saturated heterocycles. The van der Waals surface area contributed by atoms with Crippen molar-refractivity contribution < 1.29 is 13.6 Å². The maximum atomic E-state index is 12.9. The van der Waals surface area contributed by atoms with Gasteiger partial charge in [0.2, 0.25) is 0 Å². The predicted molar refractivity (Wildman–Crippen MR) is 83.0 cm³/mol. The summed E-state index contributed by atoms with van der Waals surface area (Å²) in [4.78, 5) is 12.1. The summed E-state index contributed by atoms with van der Waals surface area (Å²) >= 11 is 0. The standard InChI is InChI=1S/C19H14F2O/c20-16-6-1-13(2-7-16)11-15-5-10-19(22)18(15)12-14-3-8-17(21)9-4-14/h1-4,6-9,11-12H,5,10H2. The van der Waals surface area contributed by atoms with Crippen molar-refractivity contribution in [3.05, 3.63) is 82.4 Å². The number of carbonyl (C=O) groups is 1. The van der Waals surface area contributed by atoms with Gasteiger partial charge in [0, 0.05) is 12.0 Å². The Hall–Kier alpha value is -2.55. The zero-order valence-corrected chi connectivity index (χ0v) is 11.9. The van der Waals surface area contributed by atoms with Crippen LogP contribution in [0, 0.1) is 11.6 Å².